The van der Waals surface area contributed by atoms with Crippen LogP contribution in [0.1, 0.15) is 22.9 Å². The van der Waals surface area contributed by atoms with Crippen molar-refractivity contribution in [3.05, 3.63) is 65.2 Å². The summed E-state index contributed by atoms with van der Waals surface area (Å²) in [6, 6.07) is 10.3. The summed E-state index contributed by atoms with van der Waals surface area (Å²) in [5.74, 6) is -0.212. The first-order chi connectivity index (χ1) is 8.18. The standard InChI is InChI=1S/C14H15FN2/c1-10-5-4-8-17-14(10)13(16)9-11-6-2-3-7-12(11)15/h2-8,13H,9,16H2,1H3. The predicted molar refractivity (Wildman–Crippen MR) is 66.0 cm³/mol. The molecule has 1 aromatic carbocycles. The second-order valence-corrected chi connectivity index (χ2v) is 4.11. The SMILES string of the molecule is Cc1cccnc1C(N)Cc1ccccc1F. The molecule has 1 unspecified atom stereocenters. The van der Waals surface area contributed by atoms with Gasteiger partial charge in [-0.25, -0.2) is 4.39 Å². The maximum absolute atomic E-state index is 13.5. The molecule has 0 saturated carbocycles. The molecule has 2 aromatic rings. The fourth-order valence-corrected chi connectivity index (χ4v) is 1.88. The van der Waals surface area contributed by atoms with Gasteiger partial charge in [-0.15, -0.1) is 0 Å². The molecule has 0 saturated heterocycles. The second kappa shape index (κ2) is 5.06. The molecule has 0 aliphatic rings. The summed E-state index contributed by atoms with van der Waals surface area (Å²) in [7, 11) is 0. The molecule has 0 aliphatic carbocycles. The molecule has 17 heavy (non-hydrogen) atoms. The second-order valence-electron chi connectivity index (χ2n) is 4.11. The first-order valence-electron chi connectivity index (χ1n) is 5.59. The third-order valence-corrected chi connectivity index (χ3v) is 2.80. The van der Waals surface area contributed by atoms with Crippen molar-refractivity contribution >= 4 is 0 Å². The van der Waals surface area contributed by atoms with Crippen LogP contribution in [0.15, 0.2) is 42.6 Å². The number of hydrogen-bond donors (Lipinski definition) is 1. The zero-order chi connectivity index (χ0) is 12.3. The lowest BCUT2D eigenvalue weighted by molar-refractivity contribution is 0.589. The van der Waals surface area contributed by atoms with Gasteiger partial charge in [0, 0.05) is 6.20 Å². The average Bonchev–Trinajstić information content (AvgIpc) is 2.32. The van der Waals surface area contributed by atoms with Gasteiger partial charge in [0.15, 0.2) is 0 Å². The quantitative estimate of drug-likeness (QED) is 0.880. The Labute approximate surface area is 100 Å². The maximum Gasteiger partial charge on any atom is 0.126 e. The minimum Gasteiger partial charge on any atom is -0.322 e. The summed E-state index contributed by atoms with van der Waals surface area (Å²) in [4.78, 5) is 4.26. The van der Waals surface area contributed by atoms with E-state index in [4.69, 9.17) is 5.73 Å². The highest BCUT2D eigenvalue weighted by atomic mass is 19.1. The van der Waals surface area contributed by atoms with Crippen molar-refractivity contribution in [3.8, 4) is 0 Å². The predicted octanol–water partition coefficient (Wildman–Crippen LogP) is 2.77. The van der Waals surface area contributed by atoms with Crippen LogP contribution in [-0.2, 0) is 6.42 Å². The Morgan fingerprint density at radius 1 is 1.24 bits per heavy atom. The van der Waals surface area contributed by atoms with Crippen molar-refractivity contribution in [2.75, 3.05) is 0 Å². The number of aromatic nitrogens is 1. The van der Waals surface area contributed by atoms with Gasteiger partial charge < -0.3 is 5.73 Å². The van der Waals surface area contributed by atoms with E-state index in [0.29, 0.717) is 12.0 Å². The number of pyridine rings is 1. The molecule has 2 rings (SSSR count). The fraction of sp³-hybridized carbons (Fsp3) is 0.214. The van der Waals surface area contributed by atoms with Crippen molar-refractivity contribution in [1.82, 2.24) is 4.98 Å². The highest BCUT2D eigenvalue weighted by Gasteiger charge is 2.12. The number of nitrogens with two attached hydrogens (primary N) is 1. The van der Waals surface area contributed by atoms with Gasteiger partial charge in [-0.1, -0.05) is 24.3 Å². The monoisotopic (exact) mass is 230 g/mol. The molecule has 1 aromatic heterocycles. The third-order valence-electron chi connectivity index (χ3n) is 2.80. The van der Waals surface area contributed by atoms with Gasteiger partial charge >= 0.3 is 0 Å². The summed E-state index contributed by atoms with van der Waals surface area (Å²) >= 11 is 0. The lowest BCUT2D eigenvalue weighted by atomic mass is 10.0. The maximum atomic E-state index is 13.5. The van der Waals surface area contributed by atoms with Gasteiger partial charge in [0.25, 0.3) is 0 Å². The van der Waals surface area contributed by atoms with Crippen LogP contribution in [0.5, 0.6) is 0 Å². The molecule has 1 heterocycles. The molecule has 0 amide bonds. The molecule has 0 aliphatic heterocycles. The minimum atomic E-state index is -0.270. The normalized spacial score (nSPS) is 12.4. The average molecular weight is 230 g/mol. The summed E-state index contributed by atoms with van der Waals surface area (Å²) < 4.78 is 13.5. The molecule has 2 nitrogen and oxygen atoms in total. The molecule has 0 radical (unpaired) electrons. The van der Waals surface area contributed by atoms with Gasteiger partial charge in [-0.2, -0.15) is 0 Å². The van der Waals surface area contributed by atoms with E-state index in [-0.39, 0.29) is 11.9 Å². The van der Waals surface area contributed by atoms with E-state index < -0.39 is 0 Å². The number of rotatable bonds is 3. The highest BCUT2D eigenvalue weighted by molar-refractivity contribution is 5.25. The van der Waals surface area contributed by atoms with Crippen LogP contribution in [0.4, 0.5) is 4.39 Å². The van der Waals surface area contributed by atoms with Crippen molar-refractivity contribution < 1.29 is 4.39 Å². The molecule has 0 bridgehead atoms. The molecule has 0 spiro atoms. The van der Waals surface area contributed by atoms with E-state index in [0.717, 1.165) is 11.3 Å². The zero-order valence-corrected chi connectivity index (χ0v) is 9.73. The Balaban J connectivity index is 2.20. The Kier molecular flexibility index (Phi) is 3.49. The Morgan fingerprint density at radius 2 is 2.00 bits per heavy atom. The summed E-state index contributed by atoms with van der Waals surface area (Å²) in [5, 5.41) is 0. The first-order valence-corrected chi connectivity index (χ1v) is 5.59. The van der Waals surface area contributed by atoms with Gasteiger partial charge in [-0.3, -0.25) is 4.98 Å². The van der Waals surface area contributed by atoms with Crippen LogP contribution in [0, 0.1) is 12.7 Å². The van der Waals surface area contributed by atoms with E-state index in [9.17, 15) is 4.39 Å². The summed E-state index contributed by atoms with van der Waals surface area (Å²) in [6.07, 6.45) is 2.17. The molecule has 2 N–H and O–H groups in total. The van der Waals surface area contributed by atoms with E-state index in [1.165, 1.54) is 6.07 Å². The van der Waals surface area contributed by atoms with Crippen LogP contribution < -0.4 is 5.73 Å². The minimum absolute atomic E-state index is 0.212. The van der Waals surface area contributed by atoms with Gasteiger partial charge in [0.1, 0.15) is 5.82 Å². The van der Waals surface area contributed by atoms with Crippen molar-refractivity contribution in [1.29, 1.82) is 0 Å². The Bertz CT molecular complexity index is 511. The van der Waals surface area contributed by atoms with Crippen LogP contribution in [0.3, 0.4) is 0 Å². The van der Waals surface area contributed by atoms with Crippen LogP contribution in [0.25, 0.3) is 0 Å². The van der Waals surface area contributed by atoms with Crippen molar-refractivity contribution in [3.63, 3.8) is 0 Å². The molecular formula is C14H15FN2. The topological polar surface area (TPSA) is 38.9 Å². The third kappa shape index (κ3) is 2.68. The largest absolute Gasteiger partial charge is 0.322 e. The number of benzene rings is 1. The van der Waals surface area contributed by atoms with Crippen LogP contribution in [-0.4, -0.2) is 4.98 Å². The van der Waals surface area contributed by atoms with E-state index in [1.807, 2.05) is 25.1 Å². The van der Waals surface area contributed by atoms with Crippen LogP contribution >= 0.6 is 0 Å². The number of aryl methyl sites for hydroxylation is 1. The lowest BCUT2D eigenvalue weighted by Crippen LogP contribution is -2.16. The highest BCUT2D eigenvalue weighted by Crippen LogP contribution is 2.18. The smallest absolute Gasteiger partial charge is 0.126 e. The molecular weight excluding hydrogens is 215 g/mol. The number of hydrogen-bond acceptors (Lipinski definition) is 2. The van der Waals surface area contributed by atoms with Gasteiger partial charge in [-0.05, 0) is 36.6 Å². The molecule has 88 valence electrons. The Morgan fingerprint density at radius 3 is 2.71 bits per heavy atom. The van der Waals surface area contributed by atoms with E-state index in [1.54, 1.807) is 18.3 Å². The first kappa shape index (κ1) is 11.7. The van der Waals surface area contributed by atoms with Gasteiger partial charge in [0.2, 0.25) is 0 Å². The van der Waals surface area contributed by atoms with Crippen molar-refractivity contribution in [2.24, 2.45) is 5.73 Å². The Hall–Kier alpha value is -1.74. The lowest BCUT2D eigenvalue weighted by Gasteiger charge is -2.13. The number of nitrogens with zero attached hydrogens (tertiary/aromatic N) is 1. The zero-order valence-electron chi connectivity index (χ0n) is 9.73. The molecule has 1 atom stereocenters. The van der Waals surface area contributed by atoms with E-state index >= 15 is 0 Å². The van der Waals surface area contributed by atoms with Crippen LogP contribution in [0.2, 0.25) is 0 Å². The van der Waals surface area contributed by atoms with Gasteiger partial charge in [0.05, 0.1) is 11.7 Å². The van der Waals surface area contributed by atoms with Crippen molar-refractivity contribution in [2.45, 2.75) is 19.4 Å². The molecule has 0 fully saturated rings. The molecule has 3 heteroatoms. The summed E-state index contributed by atoms with van der Waals surface area (Å²) in [6.45, 7) is 1.96. The fourth-order valence-electron chi connectivity index (χ4n) is 1.88. The summed E-state index contributed by atoms with van der Waals surface area (Å²) in [5.41, 5.74) is 8.56. The number of halogens is 1. The van der Waals surface area contributed by atoms with E-state index in [2.05, 4.69) is 4.98 Å².